The summed E-state index contributed by atoms with van der Waals surface area (Å²) in [6, 6.07) is 7.60. The van der Waals surface area contributed by atoms with Gasteiger partial charge in [-0.2, -0.15) is 0 Å². The second kappa shape index (κ2) is 10.9. The van der Waals surface area contributed by atoms with Gasteiger partial charge in [0.15, 0.2) is 0 Å². The minimum atomic E-state index is -1.45. The van der Waals surface area contributed by atoms with Gasteiger partial charge in [-0.15, -0.1) is 12.3 Å². The molecular weight excluding hydrogens is 322 g/mol. The Hall–Kier alpha value is -2.81. The van der Waals surface area contributed by atoms with Crippen LogP contribution in [0.3, 0.4) is 0 Å². The van der Waals surface area contributed by atoms with Gasteiger partial charge in [-0.1, -0.05) is 30.3 Å². The number of hydrogen-bond acceptors (Lipinski definition) is 5. The van der Waals surface area contributed by atoms with Crippen LogP contribution >= 0.6 is 0 Å². The number of ether oxygens (including phenoxy) is 2. The van der Waals surface area contributed by atoms with E-state index in [1.54, 1.807) is 26.0 Å². The predicted octanol–water partition coefficient (Wildman–Crippen LogP) is 1.92. The van der Waals surface area contributed by atoms with Gasteiger partial charge < -0.3 is 14.4 Å². The highest BCUT2D eigenvalue weighted by molar-refractivity contribution is 6.02. The van der Waals surface area contributed by atoms with Crippen molar-refractivity contribution in [1.82, 2.24) is 4.90 Å². The van der Waals surface area contributed by atoms with Gasteiger partial charge in [0.25, 0.3) is 0 Å². The monoisotopic (exact) mass is 345 g/mol. The number of nitrogens with zero attached hydrogens (tertiary/aromatic N) is 1. The first-order chi connectivity index (χ1) is 12.0. The first-order valence-electron chi connectivity index (χ1n) is 8.15. The van der Waals surface area contributed by atoms with Crippen LogP contribution < -0.4 is 0 Å². The van der Waals surface area contributed by atoms with E-state index >= 15 is 0 Å². The quantitative estimate of drug-likeness (QED) is 0.388. The fraction of sp³-hybridized carbons (Fsp3) is 0.421. The lowest BCUT2D eigenvalue weighted by Crippen LogP contribution is -2.50. The molecule has 1 aromatic carbocycles. The Balaban J connectivity index is 3.16. The van der Waals surface area contributed by atoms with Crippen molar-refractivity contribution in [3.8, 4) is 12.3 Å². The van der Waals surface area contributed by atoms with Crippen molar-refractivity contribution < 1.29 is 23.9 Å². The molecule has 0 heterocycles. The zero-order chi connectivity index (χ0) is 18.7. The number of hydrogen-bond donors (Lipinski definition) is 0. The molecule has 0 saturated carbocycles. The van der Waals surface area contributed by atoms with Crippen LogP contribution in [0.25, 0.3) is 0 Å². The molecule has 1 aromatic rings. The van der Waals surface area contributed by atoms with E-state index in [-0.39, 0.29) is 32.6 Å². The van der Waals surface area contributed by atoms with Gasteiger partial charge in [-0.05, 0) is 19.4 Å². The number of carbonyl (C=O) groups excluding carboxylic acids is 3. The van der Waals surface area contributed by atoms with Crippen LogP contribution in [0.15, 0.2) is 30.3 Å². The van der Waals surface area contributed by atoms with E-state index in [0.29, 0.717) is 0 Å². The zero-order valence-electron chi connectivity index (χ0n) is 14.6. The topological polar surface area (TPSA) is 72.9 Å². The molecule has 0 aliphatic heterocycles. The number of carbonyl (C=O) groups is 3. The number of benzene rings is 1. The Morgan fingerprint density at radius 3 is 2.12 bits per heavy atom. The van der Waals surface area contributed by atoms with E-state index < -0.39 is 23.9 Å². The smallest absolute Gasteiger partial charge is 0.340 e. The van der Waals surface area contributed by atoms with E-state index in [1.165, 1.54) is 4.90 Å². The number of rotatable bonds is 9. The number of terminal acetylenes is 1. The van der Waals surface area contributed by atoms with Gasteiger partial charge in [0, 0.05) is 19.4 Å². The van der Waals surface area contributed by atoms with E-state index in [2.05, 4.69) is 5.92 Å². The zero-order valence-corrected chi connectivity index (χ0v) is 14.6. The van der Waals surface area contributed by atoms with Crippen molar-refractivity contribution in [2.75, 3.05) is 13.2 Å². The summed E-state index contributed by atoms with van der Waals surface area (Å²) in [5, 5.41) is 0. The minimum absolute atomic E-state index is 0.0264. The molecular formula is C19H23NO5. The van der Waals surface area contributed by atoms with E-state index in [9.17, 15) is 14.4 Å². The van der Waals surface area contributed by atoms with Gasteiger partial charge in [0.2, 0.25) is 11.9 Å². The third kappa shape index (κ3) is 6.30. The summed E-state index contributed by atoms with van der Waals surface area (Å²) in [4.78, 5) is 38.4. The van der Waals surface area contributed by atoms with Crippen LogP contribution in [0.4, 0.5) is 0 Å². The fourth-order valence-electron chi connectivity index (χ4n) is 2.22. The van der Waals surface area contributed by atoms with Gasteiger partial charge in [0.1, 0.15) is 0 Å². The maximum atomic E-state index is 12.6. The molecule has 0 atom stereocenters. The number of amides is 1. The molecule has 0 fully saturated rings. The van der Waals surface area contributed by atoms with Crippen LogP contribution in [0.5, 0.6) is 0 Å². The van der Waals surface area contributed by atoms with Crippen molar-refractivity contribution in [1.29, 1.82) is 0 Å². The van der Waals surface area contributed by atoms with Crippen LogP contribution in [0.1, 0.15) is 32.3 Å². The van der Waals surface area contributed by atoms with Gasteiger partial charge in [-0.25, -0.2) is 9.59 Å². The third-order valence-electron chi connectivity index (χ3n) is 3.33. The molecule has 1 amide bonds. The Morgan fingerprint density at radius 1 is 1.08 bits per heavy atom. The highest BCUT2D eigenvalue weighted by Gasteiger charge is 2.38. The minimum Gasteiger partial charge on any atom is -0.464 e. The first kappa shape index (κ1) is 20.2. The molecule has 0 N–H and O–H groups in total. The molecule has 0 bridgehead atoms. The summed E-state index contributed by atoms with van der Waals surface area (Å²) in [7, 11) is 0. The molecule has 0 aromatic heterocycles. The lowest BCUT2D eigenvalue weighted by molar-refractivity contribution is -0.168. The average molecular weight is 345 g/mol. The second-order valence-electron chi connectivity index (χ2n) is 5.12. The van der Waals surface area contributed by atoms with Gasteiger partial charge >= 0.3 is 11.9 Å². The highest BCUT2D eigenvalue weighted by atomic mass is 16.6. The molecule has 0 radical (unpaired) electrons. The SMILES string of the molecule is C#CCCC(=O)N(Cc1ccccc1)C(C(=O)OCC)C(=O)OCC. The molecule has 0 spiro atoms. The van der Waals surface area contributed by atoms with Gasteiger partial charge in [-0.3, -0.25) is 4.79 Å². The molecule has 1 rings (SSSR count). The molecule has 0 saturated heterocycles. The number of esters is 2. The van der Waals surface area contributed by atoms with Crippen LogP contribution in [0.2, 0.25) is 0 Å². The Morgan fingerprint density at radius 2 is 1.64 bits per heavy atom. The highest BCUT2D eigenvalue weighted by Crippen LogP contribution is 2.14. The fourth-order valence-corrected chi connectivity index (χ4v) is 2.22. The standard InChI is InChI=1S/C19H23NO5/c1-4-7-13-16(21)20(14-15-11-9-8-10-12-15)17(18(22)24-5-2)19(23)25-6-3/h1,8-12,17H,5-7,13-14H2,2-3H3. The summed E-state index contributed by atoms with van der Waals surface area (Å²) >= 11 is 0. The van der Waals surface area contributed by atoms with E-state index in [1.807, 2.05) is 18.2 Å². The largest absolute Gasteiger partial charge is 0.464 e. The maximum absolute atomic E-state index is 12.6. The van der Waals surface area contributed by atoms with Crippen molar-refractivity contribution in [3.63, 3.8) is 0 Å². The van der Waals surface area contributed by atoms with Crippen molar-refractivity contribution in [2.24, 2.45) is 0 Å². The van der Waals surface area contributed by atoms with Crippen LogP contribution in [-0.4, -0.2) is 42.0 Å². The molecule has 0 aliphatic carbocycles. The summed E-state index contributed by atoms with van der Waals surface area (Å²) < 4.78 is 9.94. The van der Waals surface area contributed by atoms with Crippen molar-refractivity contribution >= 4 is 17.8 Å². The van der Waals surface area contributed by atoms with E-state index in [4.69, 9.17) is 15.9 Å². The molecule has 6 nitrogen and oxygen atoms in total. The lowest BCUT2D eigenvalue weighted by atomic mass is 10.1. The van der Waals surface area contributed by atoms with Crippen LogP contribution in [-0.2, 0) is 30.4 Å². The van der Waals surface area contributed by atoms with Crippen molar-refractivity contribution in [3.05, 3.63) is 35.9 Å². The molecule has 0 unspecified atom stereocenters. The Bertz CT molecular complexity index is 602. The molecule has 134 valence electrons. The third-order valence-corrected chi connectivity index (χ3v) is 3.33. The maximum Gasteiger partial charge on any atom is 0.340 e. The van der Waals surface area contributed by atoms with Crippen molar-refractivity contribution in [2.45, 2.75) is 39.3 Å². The molecule has 0 aliphatic rings. The first-order valence-corrected chi connectivity index (χ1v) is 8.15. The lowest BCUT2D eigenvalue weighted by Gasteiger charge is -2.28. The summed E-state index contributed by atoms with van der Waals surface area (Å²) in [6.07, 6.45) is 5.45. The Labute approximate surface area is 148 Å². The Kier molecular flexibility index (Phi) is 8.80. The average Bonchev–Trinajstić information content (AvgIpc) is 2.60. The second-order valence-corrected chi connectivity index (χ2v) is 5.12. The molecule has 25 heavy (non-hydrogen) atoms. The van der Waals surface area contributed by atoms with Gasteiger partial charge in [0.05, 0.1) is 13.2 Å². The predicted molar refractivity (Wildman–Crippen MR) is 92.1 cm³/mol. The summed E-state index contributed by atoms with van der Waals surface area (Å²) in [6.45, 7) is 3.51. The van der Waals surface area contributed by atoms with Crippen LogP contribution in [0, 0.1) is 12.3 Å². The normalized spacial score (nSPS) is 10.0. The van der Waals surface area contributed by atoms with E-state index in [0.717, 1.165) is 5.56 Å². The molecule has 6 heteroatoms. The summed E-state index contributed by atoms with van der Waals surface area (Å²) in [5.74, 6) is 0.348. The summed E-state index contributed by atoms with van der Waals surface area (Å²) in [5.41, 5.74) is 0.773.